The fourth-order valence-corrected chi connectivity index (χ4v) is 6.26. The third-order valence-electron chi connectivity index (χ3n) is 9.35. The van der Waals surface area contributed by atoms with Crippen LogP contribution in [0.2, 0.25) is 0 Å². The van der Waals surface area contributed by atoms with Gasteiger partial charge in [-0.05, 0) is 37.2 Å². The zero-order valence-corrected chi connectivity index (χ0v) is 31.6. The molecule has 17 nitrogen and oxygen atoms in total. The van der Waals surface area contributed by atoms with Crippen LogP contribution in [-0.4, -0.2) is 172 Å². The van der Waals surface area contributed by atoms with Gasteiger partial charge in [0.05, 0.1) is 69.7 Å². The minimum Gasteiger partial charge on any atom is -0.481 e. The zero-order chi connectivity index (χ0) is 40.5. The van der Waals surface area contributed by atoms with Gasteiger partial charge in [0.25, 0.3) is 11.8 Å². The molecule has 0 spiro atoms. The summed E-state index contributed by atoms with van der Waals surface area (Å²) in [6.07, 6.45) is 1.33. The Labute approximate surface area is 323 Å². The smallest absolute Gasteiger partial charge is 0.303 e. The molecular formula is C37H50F2N8O9. The average Bonchev–Trinajstić information content (AvgIpc) is 3.52. The highest BCUT2D eigenvalue weighted by molar-refractivity contribution is 6.07. The monoisotopic (exact) mass is 788 g/mol. The van der Waals surface area contributed by atoms with E-state index in [2.05, 4.69) is 25.4 Å². The molecule has 0 unspecified atom stereocenters. The lowest BCUT2D eigenvalue weighted by Crippen LogP contribution is -2.50. The predicted octanol–water partition coefficient (Wildman–Crippen LogP) is 0.726. The molecule has 3 heterocycles. The van der Waals surface area contributed by atoms with Gasteiger partial charge < -0.3 is 44.7 Å². The molecule has 2 saturated heterocycles. The normalized spacial score (nSPS) is 16.7. The maximum atomic E-state index is 13.8. The van der Waals surface area contributed by atoms with Gasteiger partial charge in [-0.2, -0.15) is 5.26 Å². The number of benzene rings is 1. The zero-order valence-electron chi connectivity index (χ0n) is 31.6. The second kappa shape index (κ2) is 21.9. The van der Waals surface area contributed by atoms with Crippen LogP contribution in [-0.2, 0) is 33.4 Å². The Morgan fingerprint density at radius 2 is 1.70 bits per heavy atom. The highest BCUT2D eigenvalue weighted by Gasteiger charge is 2.47. The number of fused-ring (bicyclic) bond motifs is 1. The minimum absolute atomic E-state index is 0.0299. The Kier molecular flexibility index (Phi) is 17.1. The molecule has 2 aliphatic rings. The Hall–Kier alpha value is -5.03. The van der Waals surface area contributed by atoms with Gasteiger partial charge in [-0.3, -0.25) is 33.9 Å². The quantitative estimate of drug-likeness (QED) is 0.141. The molecule has 0 saturated carbocycles. The van der Waals surface area contributed by atoms with Crippen molar-refractivity contribution in [2.24, 2.45) is 0 Å². The van der Waals surface area contributed by atoms with Crippen molar-refractivity contribution in [3.8, 4) is 6.07 Å². The number of anilines is 1. The fraction of sp³-hybridized carbons (Fsp3) is 0.595. The number of hydrogen-bond donors (Lipinski definition) is 3. The van der Waals surface area contributed by atoms with E-state index in [0.717, 1.165) is 43.2 Å². The number of nitrogens with zero attached hydrogens (tertiary/aromatic N) is 6. The van der Waals surface area contributed by atoms with Gasteiger partial charge in [-0.15, -0.1) is 0 Å². The molecule has 3 N–H and O–H groups in total. The molecule has 2 fully saturated rings. The maximum Gasteiger partial charge on any atom is 0.303 e. The van der Waals surface area contributed by atoms with Gasteiger partial charge in [0.15, 0.2) is 0 Å². The van der Waals surface area contributed by atoms with E-state index >= 15 is 0 Å². The number of ether oxygens (including phenoxy) is 3. The van der Waals surface area contributed by atoms with Crippen LogP contribution in [0.5, 0.6) is 0 Å². The Morgan fingerprint density at radius 3 is 2.41 bits per heavy atom. The van der Waals surface area contributed by atoms with Crippen molar-refractivity contribution in [3.05, 3.63) is 36.0 Å². The number of carbonyl (C=O) groups is 5. The molecule has 4 rings (SSSR count). The number of carboxylic acid groups (broad SMARTS) is 1. The standard InChI is InChI=1S/C37H50F2N8O9/c1-44(27-3-4-31-30(21-27)29(7-8-41-31)36(53)43-24-33(49)47-26-37(38,39)22-28(47)23-40)10-2-11-45-12-14-46(15-13-45)34(50)25-56-20-19-55-18-17-54-16-9-42-32(48)5-6-35(51)52/h3-4,7-8,21,28H,2,5-6,9-20,22,24-26H2,1H3,(H,42,48)(H,43,53)(H,51,52)/t28-/m0/s1. The second-order valence-corrected chi connectivity index (χ2v) is 13.5. The number of piperazine rings is 1. The van der Waals surface area contributed by atoms with E-state index in [1.807, 2.05) is 19.2 Å². The fourth-order valence-electron chi connectivity index (χ4n) is 6.26. The summed E-state index contributed by atoms with van der Waals surface area (Å²) >= 11 is 0. The number of aliphatic carboxylic acids is 1. The lowest BCUT2D eigenvalue weighted by atomic mass is 10.1. The lowest BCUT2D eigenvalue weighted by Gasteiger charge is -2.35. The molecule has 1 aromatic carbocycles. The van der Waals surface area contributed by atoms with Gasteiger partial charge in [0, 0.05) is 76.4 Å². The summed E-state index contributed by atoms with van der Waals surface area (Å²) in [5.41, 5.74) is 1.72. The van der Waals surface area contributed by atoms with Gasteiger partial charge in [0.2, 0.25) is 17.7 Å². The van der Waals surface area contributed by atoms with Gasteiger partial charge in [-0.25, -0.2) is 8.78 Å². The van der Waals surface area contributed by atoms with Crippen LogP contribution < -0.4 is 15.5 Å². The van der Waals surface area contributed by atoms with E-state index in [9.17, 15) is 38.0 Å². The summed E-state index contributed by atoms with van der Waals surface area (Å²) in [5, 5.41) is 23.4. The highest BCUT2D eigenvalue weighted by atomic mass is 19.3. The minimum atomic E-state index is -3.14. The van der Waals surface area contributed by atoms with Crippen molar-refractivity contribution >= 4 is 46.2 Å². The molecule has 0 bridgehead atoms. The SMILES string of the molecule is CN(CCCN1CCN(C(=O)COCCOCCOCCNC(=O)CCC(=O)O)CC1)c1ccc2nccc(C(=O)NCC(=O)N3CC(F)(F)C[C@H]3C#N)c2c1. The first-order valence-electron chi connectivity index (χ1n) is 18.5. The number of pyridine rings is 1. The topological polar surface area (TPSA) is 207 Å². The number of likely N-dealkylation sites (tertiary alicyclic amines) is 1. The van der Waals surface area contributed by atoms with Crippen LogP contribution in [0.15, 0.2) is 30.5 Å². The van der Waals surface area contributed by atoms with Crippen LogP contribution in [0.25, 0.3) is 10.9 Å². The molecule has 1 atom stereocenters. The number of carbonyl (C=O) groups excluding carboxylic acids is 4. The summed E-state index contributed by atoms with van der Waals surface area (Å²) in [6.45, 7) is 4.60. The number of amides is 4. The number of halogens is 2. The molecule has 0 radical (unpaired) electrons. The van der Waals surface area contributed by atoms with Crippen molar-refractivity contribution in [3.63, 3.8) is 0 Å². The molecule has 2 aromatic rings. The van der Waals surface area contributed by atoms with E-state index in [-0.39, 0.29) is 56.6 Å². The van der Waals surface area contributed by atoms with E-state index in [1.54, 1.807) is 17.0 Å². The highest BCUT2D eigenvalue weighted by Crippen LogP contribution is 2.31. The molecule has 0 aliphatic carbocycles. The van der Waals surface area contributed by atoms with Gasteiger partial charge in [-0.1, -0.05) is 0 Å². The van der Waals surface area contributed by atoms with Crippen LogP contribution >= 0.6 is 0 Å². The summed E-state index contributed by atoms with van der Waals surface area (Å²) in [4.78, 5) is 71.5. The number of hydrogen-bond acceptors (Lipinski definition) is 12. The largest absolute Gasteiger partial charge is 0.481 e. The van der Waals surface area contributed by atoms with Crippen LogP contribution in [0.3, 0.4) is 0 Å². The van der Waals surface area contributed by atoms with Crippen LogP contribution in [0.1, 0.15) is 36.0 Å². The summed E-state index contributed by atoms with van der Waals surface area (Å²) < 4.78 is 43.8. The second-order valence-electron chi connectivity index (χ2n) is 13.5. The number of carboxylic acids is 1. The third kappa shape index (κ3) is 13.9. The summed E-state index contributed by atoms with van der Waals surface area (Å²) in [6, 6.07) is 7.58. The van der Waals surface area contributed by atoms with E-state index in [0.29, 0.717) is 43.8 Å². The van der Waals surface area contributed by atoms with Gasteiger partial charge >= 0.3 is 5.97 Å². The summed E-state index contributed by atoms with van der Waals surface area (Å²) in [7, 11) is 1.95. The van der Waals surface area contributed by atoms with Crippen molar-refractivity contribution in [1.82, 2.24) is 30.3 Å². The van der Waals surface area contributed by atoms with Crippen molar-refractivity contribution in [1.29, 1.82) is 5.26 Å². The van der Waals surface area contributed by atoms with Gasteiger partial charge in [0.1, 0.15) is 12.6 Å². The molecule has 2 aliphatic heterocycles. The number of nitriles is 1. The molecule has 306 valence electrons. The van der Waals surface area contributed by atoms with E-state index in [1.165, 1.54) is 12.3 Å². The number of rotatable bonds is 22. The Morgan fingerprint density at radius 1 is 0.982 bits per heavy atom. The Bertz CT molecular complexity index is 1700. The number of alkyl halides is 2. The molecule has 19 heteroatoms. The number of nitrogens with one attached hydrogen (secondary N) is 2. The molecule has 4 amide bonds. The first-order valence-corrected chi connectivity index (χ1v) is 18.5. The van der Waals surface area contributed by atoms with E-state index in [4.69, 9.17) is 19.3 Å². The molecular weight excluding hydrogens is 738 g/mol. The number of aromatic nitrogens is 1. The average molecular weight is 789 g/mol. The van der Waals surface area contributed by atoms with Crippen LogP contribution in [0.4, 0.5) is 14.5 Å². The Balaban J connectivity index is 1.08. The van der Waals surface area contributed by atoms with Crippen LogP contribution in [0, 0.1) is 11.3 Å². The third-order valence-corrected chi connectivity index (χ3v) is 9.35. The molecule has 1 aromatic heterocycles. The van der Waals surface area contributed by atoms with E-state index < -0.39 is 49.3 Å². The first kappa shape index (κ1) is 43.7. The maximum absolute atomic E-state index is 13.8. The van der Waals surface area contributed by atoms with Crippen molar-refractivity contribution in [2.75, 3.05) is 110 Å². The summed E-state index contributed by atoms with van der Waals surface area (Å²) in [5.74, 6) is -5.89. The predicted molar refractivity (Wildman–Crippen MR) is 198 cm³/mol. The lowest BCUT2D eigenvalue weighted by molar-refractivity contribution is -0.139. The first-order chi connectivity index (χ1) is 26.9. The molecule has 56 heavy (non-hydrogen) atoms. The van der Waals surface area contributed by atoms with Crippen molar-refractivity contribution in [2.45, 2.75) is 37.6 Å². The van der Waals surface area contributed by atoms with Crippen molar-refractivity contribution < 1.29 is 52.1 Å².